The number of nitrogens with zero attached hydrogens (tertiary/aromatic N) is 2. The Balaban J connectivity index is 1.62. The van der Waals surface area contributed by atoms with E-state index in [0.29, 0.717) is 19.0 Å². The van der Waals surface area contributed by atoms with E-state index in [2.05, 4.69) is 10.3 Å². The number of carbonyl (C=O) groups is 2. The third kappa shape index (κ3) is 2.81. The van der Waals surface area contributed by atoms with Crippen molar-refractivity contribution in [2.45, 2.75) is 38.4 Å². The zero-order chi connectivity index (χ0) is 20.2. The third-order valence-electron chi connectivity index (χ3n) is 5.46. The molecular weight excluding hydrogens is 370 g/mol. The van der Waals surface area contributed by atoms with E-state index < -0.39 is 23.0 Å². The Morgan fingerprint density at radius 3 is 2.71 bits per heavy atom. The first-order valence-corrected chi connectivity index (χ1v) is 9.16. The maximum Gasteiger partial charge on any atom is 0.318 e. The molecule has 0 spiro atoms. The molecule has 3 heterocycles. The predicted molar refractivity (Wildman–Crippen MR) is 98.1 cm³/mol. The topological polar surface area (TPSA) is 85.5 Å². The number of benzene rings is 1. The fourth-order valence-electron chi connectivity index (χ4n) is 4.18. The summed E-state index contributed by atoms with van der Waals surface area (Å²) in [5.74, 6) is -2.30. The molecule has 28 heavy (non-hydrogen) atoms. The number of amides is 3. The predicted octanol–water partition coefficient (Wildman–Crippen LogP) is 1.82. The summed E-state index contributed by atoms with van der Waals surface area (Å²) in [5, 5.41) is 2.68. The van der Waals surface area contributed by atoms with Crippen molar-refractivity contribution in [1.29, 1.82) is 0 Å². The molecule has 2 aliphatic heterocycles. The highest BCUT2D eigenvalue weighted by Gasteiger charge is 2.44. The largest absolute Gasteiger partial charge is 0.358 e. The van der Waals surface area contributed by atoms with Gasteiger partial charge in [-0.2, -0.15) is 0 Å². The summed E-state index contributed by atoms with van der Waals surface area (Å²) in [7, 11) is 0. The van der Waals surface area contributed by atoms with Gasteiger partial charge in [-0.25, -0.2) is 13.6 Å². The van der Waals surface area contributed by atoms with Crippen LogP contribution in [0, 0.1) is 11.6 Å². The van der Waals surface area contributed by atoms with Crippen LogP contribution in [0.15, 0.2) is 23.1 Å². The molecule has 7 nitrogen and oxygen atoms in total. The van der Waals surface area contributed by atoms with E-state index in [1.807, 2.05) is 13.8 Å². The summed E-state index contributed by atoms with van der Waals surface area (Å²) in [6.45, 7) is 4.53. The summed E-state index contributed by atoms with van der Waals surface area (Å²) < 4.78 is 27.4. The number of fused-ring (bicyclic) bond motifs is 2. The molecule has 0 bridgehead atoms. The van der Waals surface area contributed by atoms with Gasteiger partial charge in [0.1, 0.15) is 17.2 Å². The van der Waals surface area contributed by atoms with Crippen molar-refractivity contribution in [1.82, 2.24) is 20.1 Å². The van der Waals surface area contributed by atoms with Gasteiger partial charge in [-0.3, -0.25) is 9.59 Å². The molecule has 9 heteroatoms. The minimum Gasteiger partial charge on any atom is -0.358 e. The molecule has 2 aliphatic rings. The fourth-order valence-corrected chi connectivity index (χ4v) is 4.18. The Hall–Kier alpha value is -2.97. The van der Waals surface area contributed by atoms with Crippen molar-refractivity contribution in [2.75, 3.05) is 13.1 Å². The molecule has 2 N–H and O–H groups in total. The number of hydrogen-bond acceptors (Lipinski definition) is 3. The molecular formula is C19H20F2N4O3. The summed E-state index contributed by atoms with van der Waals surface area (Å²) >= 11 is 0. The van der Waals surface area contributed by atoms with Crippen molar-refractivity contribution in [3.8, 4) is 0 Å². The molecule has 148 valence electrons. The number of nitrogens with one attached hydrogen (secondary N) is 2. The van der Waals surface area contributed by atoms with Gasteiger partial charge in [0.05, 0.1) is 23.0 Å². The fraction of sp³-hybridized carbons (Fsp3) is 0.421. The Morgan fingerprint density at radius 2 is 2.00 bits per heavy atom. The van der Waals surface area contributed by atoms with Gasteiger partial charge in [0.2, 0.25) is 5.43 Å². The van der Waals surface area contributed by atoms with Gasteiger partial charge in [-0.05, 0) is 26.3 Å². The monoisotopic (exact) mass is 390 g/mol. The molecule has 1 aromatic carbocycles. The average Bonchev–Trinajstić information content (AvgIpc) is 2.97. The van der Waals surface area contributed by atoms with Crippen molar-refractivity contribution in [3.63, 3.8) is 0 Å². The smallest absolute Gasteiger partial charge is 0.318 e. The third-order valence-corrected chi connectivity index (χ3v) is 5.46. The minimum absolute atomic E-state index is 0.00497. The molecule has 2 fully saturated rings. The average molecular weight is 390 g/mol. The van der Waals surface area contributed by atoms with Gasteiger partial charge < -0.3 is 20.1 Å². The van der Waals surface area contributed by atoms with E-state index in [1.54, 1.807) is 4.90 Å². The van der Waals surface area contributed by atoms with E-state index in [0.717, 1.165) is 12.3 Å². The second-order valence-corrected chi connectivity index (χ2v) is 7.51. The van der Waals surface area contributed by atoms with Crippen molar-refractivity contribution in [2.24, 2.45) is 0 Å². The van der Waals surface area contributed by atoms with E-state index in [1.165, 1.54) is 4.90 Å². The number of pyridine rings is 1. The number of halogens is 2. The molecule has 2 atom stereocenters. The maximum absolute atomic E-state index is 13.8. The lowest BCUT2D eigenvalue weighted by molar-refractivity contribution is 0.0643. The van der Waals surface area contributed by atoms with Crippen molar-refractivity contribution >= 4 is 22.8 Å². The molecule has 1 aromatic heterocycles. The second kappa shape index (κ2) is 6.57. The maximum atomic E-state index is 13.8. The van der Waals surface area contributed by atoms with Crippen molar-refractivity contribution < 1.29 is 18.4 Å². The molecule has 0 unspecified atom stereocenters. The first kappa shape index (κ1) is 18.4. The number of piperidine rings is 1. The van der Waals surface area contributed by atoms with Crippen LogP contribution in [0.25, 0.3) is 10.9 Å². The minimum atomic E-state index is -0.894. The first-order valence-electron chi connectivity index (χ1n) is 9.16. The highest BCUT2D eigenvalue weighted by atomic mass is 19.1. The van der Waals surface area contributed by atoms with Crippen LogP contribution >= 0.6 is 0 Å². The lowest BCUT2D eigenvalue weighted by Gasteiger charge is -2.37. The van der Waals surface area contributed by atoms with Crippen LogP contribution < -0.4 is 10.7 Å². The van der Waals surface area contributed by atoms with Gasteiger partial charge in [-0.1, -0.05) is 0 Å². The lowest BCUT2D eigenvalue weighted by atomic mass is 9.98. The van der Waals surface area contributed by atoms with Crippen LogP contribution in [0.1, 0.15) is 30.6 Å². The molecule has 4 rings (SSSR count). The number of rotatable bonds is 2. The summed E-state index contributed by atoms with van der Waals surface area (Å²) in [6, 6.07) is 1.25. The lowest BCUT2D eigenvalue weighted by Crippen LogP contribution is -2.54. The molecule has 3 amide bonds. The quantitative estimate of drug-likeness (QED) is 0.820. The van der Waals surface area contributed by atoms with Crippen LogP contribution in [0.2, 0.25) is 0 Å². The summed E-state index contributed by atoms with van der Waals surface area (Å²) in [4.78, 5) is 43.6. The van der Waals surface area contributed by atoms with Gasteiger partial charge >= 0.3 is 6.03 Å². The Morgan fingerprint density at radius 1 is 1.25 bits per heavy atom. The Labute approximate surface area is 159 Å². The van der Waals surface area contributed by atoms with Crippen LogP contribution in [-0.2, 0) is 0 Å². The zero-order valence-electron chi connectivity index (χ0n) is 15.5. The van der Waals surface area contributed by atoms with Gasteiger partial charge in [0, 0.05) is 31.4 Å². The van der Waals surface area contributed by atoms with E-state index >= 15 is 0 Å². The number of hydrogen-bond donors (Lipinski definition) is 2. The number of aromatic nitrogens is 1. The van der Waals surface area contributed by atoms with Gasteiger partial charge in [0.25, 0.3) is 5.91 Å². The van der Waals surface area contributed by atoms with E-state index in [9.17, 15) is 23.2 Å². The van der Waals surface area contributed by atoms with Gasteiger partial charge in [0.15, 0.2) is 0 Å². The van der Waals surface area contributed by atoms with Crippen molar-refractivity contribution in [3.05, 3.63) is 45.8 Å². The highest BCUT2D eigenvalue weighted by molar-refractivity contribution is 5.97. The number of urea groups is 1. The number of aromatic amines is 1. The Bertz CT molecular complexity index is 1040. The standard InChI is InChI=1S/C19H20F2N4O3/c1-9(2)25-15-3-4-24(8-14(15)23-19(25)28)18(27)12-7-22-16-11(17(12)26)5-10(20)6-13(16)21/h5-7,9,14-15H,3-4,8H2,1-2H3,(H,22,26)(H,23,28)/t14-,15+/m1/s1. The SMILES string of the molecule is CC(C)N1C(=O)N[C@@H]2CN(C(=O)c3c[nH]c4c(F)cc(F)cc4c3=O)CC[C@@H]21. The Kier molecular flexibility index (Phi) is 4.32. The number of likely N-dealkylation sites (tertiary alicyclic amines) is 1. The number of H-pyrrole nitrogens is 1. The summed E-state index contributed by atoms with van der Waals surface area (Å²) in [5.41, 5.74) is -1.04. The molecule has 2 saturated heterocycles. The normalized spacial score (nSPS) is 22.0. The van der Waals surface area contributed by atoms with Gasteiger partial charge in [-0.15, -0.1) is 0 Å². The molecule has 0 radical (unpaired) electrons. The zero-order valence-corrected chi connectivity index (χ0v) is 15.5. The van der Waals surface area contributed by atoms with E-state index in [4.69, 9.17) is 0 Å². The molecule has 0 saturated carbocycles. The number of carbonyl (C=O) groups excluding carboxylic acids is 2. The van der Waals surface area contributed by atoms with Crippen LogP contribution in [0.5, 0.6) is 0 Å². The second-order valence-electron chi connectivity index (χ2n) is 7.51. The van der Waals surface area contributed by atoms with Crippen LogP contribution in [0.3, 0.4) is 0 Å². The summed E-state index contributed by atoms with van der Waals surface area (Å²) in [6.07, 6.45) is 1.75. The highest BCUT2D eigenvalue weighted by Crippen LogP contribution is 2.25. The van der Waals surface area contributed by atoms with Crippen LogP contribution in [0.4, 0.5) is 13.6 Å². The first-order chi connectivity index (χ1) is 13.3. The molecule has 0 aliphatic carbocycles. The van der Waals surface area contributed by atoms with Crippen LogP contribution in [-0.4, -0.2) is 57.9 Å². The van der Waals surface area contributed by atoms with E-state index in [-0.39, 0.29) is 47.2 Å². The molecule has 2 aromatic rings.